The molecule has 3 atom stereocenters. The first-order valence-electron chi connectivity index (χ1n) is 12.6. The third-order valence-corrected chi connectivity index (χ3v) is 7.14. The first-order chi connectivity index (χ1) is 17.7. The van der Waals surface area contributed by atoms with Gasteiger partial charge in [-0.1, -0.05) is 36.4 Å². The maximum absolute atomic E-state index is 13.2. The Hall–Kier alpha value is -3.51. The minimum atomic E-state index is -0.399. The Morgan fingerprint density at radius 2 is 1.24 bits per heavy atom. The second kappa shape index (κ2) is 10.9. The van der Waals surface area contributed by atoms with Crippen LogP contribution in [0.15, 0.2) is 48.5 Å². The van der Waals surface area contributed by atoms with E-state index in [-0.39, 0.29) is 18.1 Å². The monoisotopic (exact) mass is 503 g/mol. The summed E-state index contributed by atoms with van der Waals surface area (Å²) in [5.74, 6) is 2.33. The number of methoxy groups -OCH3 is 3. The molecular formula is C31H37NO5. The average Bonchev–Trinajstić information content (AvgIpc) is 3.59. The van der Waals surface area contributed by atoms with Crippen molar-refractivity contribution < 1.29 is 23.7 Å². The zero-order chi connectivity index (χ0) is 26.9. The molecule has 196 valence electrons. The zero-order valence-electron chi connectivity index (χ0n) is 23.0. The number of rotatable bonds is 9. The molecule has 0 radical (unpaired) electrons. The fourth-order valence-corrected chi connectivity index (χ4v) is 5.67. The zero-order valence-corrected chi connectivity index (χ0v) is 23.0. The molecule has 0 aromatic heterocycles. The van der Waals surface area contributed by atoms with Gasteiger partial charge in [0.25, 0.3) is 0 Å². The first kappa shape index (κ1) is 26.6. The van der Waals surface area contributed by atoms with Gasteiger partial charge in [0.05, 0.1) is 40.0 Å². The number of hydrogen-bond acceptors (Lipinski definition) is 6. The molecule has 6 nitrogen and oxygen atoms in total. The summed E-state index contributed by atoms with van der Waals surface area (Å²) in [5, 5.41) is 0. The van der Waals surface area contributed by atoms with Crippen LogP contribution in [0, 0.1) is 27.7 Å². The lowest BCUT2D eigenvalue weighted by Crippen LogP contribution is -2.21. The van der Waals surface area contributed by atoms with Crippen LogP contribution in [0.3, 0.4) is 0 Å². The number of esters is 1. The number of nitrogens with zero attached hydrogens (tertiary/aromatic N) is 1. The third kappa shape index (κ3) is 5.03. The van der Waals surface area contributed by atoms with Crippen molar-refractivity contribution in [2.45, 2.75) is 52.7 Å². The van der Waals surface area contributed by atoms with Crippen LogP contribution in [-0.4, -0.2) is 44.8 Å². The van der Waals surface area contributed by atoms with Crippen LogP contribution >= 0.6 is 0 Å². The Labute approximate surface area is 220 Å². The third-order valence-electron chi connectivity index (χ3n) is 7.14. The van der Waals surface area contributed by atoms with Crippen LogP contribution < -0.4 is 14.2 Å². The fraction of sp³-hybridized carbons (Fsp3) is 0.387. The number of carbonyl (C=O) groups excluding carboxylic acids is 1. The molecule has 1 aliphatic rings. The van der Waals surface area contributed by atoms with Crippen LogP contribution in [0.2, 0.25) is 0 Å². The summed E-state index contributed by atoms with van der Waals surface area (Å²) in [5.41, 5.74) is 7.47. The molecule has 0 bridgehead atoms. The lowest BCUT2D eigenvalue weighted by molar-refractivity contribution is -0.143. The summed E-state index contributed by atoms with van der Waals surface area (Å²) >= 11 is 0. The van der Waals surface area contributed by atoms with Crippen molar-refractivity contribution in [3.05, 3.63) is 87.5 Å². The van der Waals surface area contributed by atoms with Gasteiger partial charge in [0.1, 0.15) is 23.3 Å². The highest BCUT2D eigenvalue weighted by Gasteiger charge is 2.58. The van der Waals surface area contributed by atoms with E-state index in [9.17, 15) is 4.79 Å². The van der Waals surface area contributed by atoms with Gasteiger partial charge < -0.3 is 18.9 Å². The molecule has 1 unspecified atom stereocenters. The Balaban J connectivity index is 1.89. The molecule has 4 rings (SSSR count). The number of ether oxygens (including phenoxy) is 4. The predicted octanol–water partition coefficient (Wildman–Crippen LogP) is 6.02. The lowest BCUT2D eigenvalue weighted by atomic mass is 9.92. The largest absolute Gasteiger partial charge is 0.497 e. The van der Waals surface area contributed by atoms with E-state index in [2.05, 4.69) is 56.9 Å². The van der Waals surface area contributed by atoms with E-state index in [4.69, 9.17) is 18.9 Å². The highest BCUT2D eigenvalue weighted by molar-refractivity contribution is 5.81. The van der Waals surface area contributed by atoms with Crippen LogP contribution in [0.1, 0.15) is 58.0 Å². The smallest absolute Gasteiger partial charge is 0.325 e. The lowest BCUT2D eigenvalue weighted by Gasteiger charge is -2.25. The quantitative estimate of drug-likeness (QED) is 0.263. The molecule has 0 spiro atoms. The number of hydrogen-bond donors (Lipinski definition) is 0. The Morgan fingerprint density at radius 3 is 1.62 bits per heavy atom. The standard InChI is InChI=1S/C31H37NO5/c1-9-37-31(33)28-27(22-10-12-25(34-6)13-11-22)32(28)26(23-14-18(2)29(35-7)19(3)15-23)24-16-20(4)30(36-8)21(5)17-24/h10-17,26-28H,9H2,1-8H3/t27-,28-,32?/m0/s1. The van der Waals surface area contributed by atoms with Gasteiger partial charge in [-0.15, -0.1) is 0 Å². The van der Waals surface area contributed by atoms with Gasteiger partial charge in [-0.05, 0) is 85.7 Å². The number of benzene rings is 3. The Bertz CT molecular complexity index is 1180. The van der Waals surface area contributed by atoms with Gasteiger partial charge in [-0.3, -0.25) is 9.69 Å². The van der Waals surface area contributed by atoms with Gasteiger partial charge >= 0.3 is 5.97 Å². The molecule has 3 aromatic rings. The van der Waals surface area contributed by atoms with E-state index in [1.165, 1.54) is 0 Å². The molecule has 37 heavy (non-hydrogen) atoms. The first-order valence-corrected chi connectivity index (χ1v) is 12.6. The predicted molar refractivity (Wildman–Crippen MR) is 145 cm³/mol. The molecule has 0 aliphatic carbocycles. The van der Waals surface area contributed by atoms with Crippen molar-refractivity contribution in [3.63, 3.8) is 0 Å². The topological polar surface area (TPSA) is 57.0 Å². The maximum atomic E-state index is 13.2. The van der Waals surface area contributed by atoms with E-state index in [1.54, 1.807) is 21.3 Å². The van der Waals surface area contributed by atoms with E-state index < -0.39 is 6.04 Å². The SMILES string of the molecule is CCOC(=O)[C@@H]1[C@H](c2ccc(OC)cc2)N1C(c1cc(C)c(OC)c(C)c1)c1cc(C)c(OC)c(C)c1. The van der Waals surface area contributed by atoms with Crippen molar-refractivity contribution in [1.29, 1.82) is 0 Å². The van der Waals surface area contributed by atoms with Crippen LogP contribution in [-0.2, 0) is 9.53 Å². The van der Waals surface area contributed by atoms with Crippen molar-refractivity contribution >= 4 is 5.97 Å². The summed E-state index contributed by atoms with van der Waals surface area (Å²) < 4.78 is 22.2. The minimum absolute atomic E-state index is 0.125. The molecule has 1 saturated heterocycles. The average molecular weight is 504 g/mol. The van der Waals surface area contributed by atoms with Crippen LogP contribution in [0.5, 0.6) is 17.2 Å². The van der Waals surface area contributed by atoms with Gasteiger partial charge in [0.15, 0.2) is 0 Å². The summed E-state index contributed by atoms with van der Waals surface area (Å²) in [6.45, 7) is 10.4. The summed E-state index contributed by atoms with van der Waals surface area (Å²) in [6, 6.07) is 15.9. The molecule has 0 saturated carbocycles. The molecular weight excluding hydrogens is 466 g/mol. The second-order valence-electron chi connectivity index (χ2n) is 9.64. The Kier molecular flexibility index (Phi) is 7.79. The highest BCUT2D eigenvalue weighted by Crippen LogP contribution is 2.53. The van der Waals surface area contributed by atoms with Gasteiger partial charge in [-0.25, -0.2) is 0 Å². The molecule has 1 heterocycles. The summed E-state index contributed by atoms with van der Waals surface area (Å²) in [7, 11) is 5.05. The normalized spacial score (nSPS) is 18.5. The Morgan fingerprint density at radius 1 is 0.784 bits per heavy atom. The van der Waals surface area contributed by atoms with Crippen molar-refractivity contribution in [2.24, 2.45) is 0 Å². The minimum Gasteiger partial charge on any atom is -0.497 e. The van der Waals surface area contributed by atoms with E-state index >= 15 is 0 Å². The fourth-order valence-electron chi connectivity index (χ4n) is 5.67. The summed E-state index contributed by atoms with van der Waals surface area (Å²) in [6.07, 6.45) is 0. The van der Waals surface area contributed by atoms with Gasteiger partial charge in [-0.2, -0.15) is 0 Å². The number of carbonyl (C=O) groups is 1. The van der Waals surface area contributed by atoms with Gasteiger partial charge in [0.2, 0.25) is 0 Å². The highest BCUT2D eigenvalue weighted by atomic mass is 16.5. The molecule has 6 heteroatoms. The second-order valence-corrected chi connectivity index (χ2v) is 9.64. The van der Waals surface area contributed by atoms with Crippen molar-refractivity contribution in [1.82, 2.24) is 4.90 Å². The van der Waals surface area contributed by atoms with E-state index in [0.29, 0.717) is 6.61 Å². The van der Waals surface area contributed by atoms with Crippen LogP contribution in [0.4, 0.5) is 0 Å². The molecule has 0 amide bonds. The maximum Gasteiger partial charge on any atom is 0.325 e. The number of aryl methyl sites for hydroxylation is 4. The molecule has 1 aliphatic heterocycles. The molecule has 0 N–H and O–H groups in total. The van der Waals surface area contributed by atoms with Crippen molar-refractivity contribution in [2.75, 3.05) is 27.9 Å². The van der Waals surface area contributed by atoms with Gasteiger partial charge in [0, 0.05) is 0 Å². The molecule has 3 aromatic carbocycles. The molecule has 1 fully saturated rings. The summed E-state index contributed by atoms with van der Waals surface area (Å²) in [4.78, 5) is 15.5. The van der Waals surface area contributed by atoms with Crippen LogP contribution in [0.25, 0.3) is 0 Å². The van der Waals surface area contributed by atoms with E-state index in [0.717, 1.165) is 56.2 Å². The van der Waals surface area contributed by atoms with Crippen molar-refractivity contribution in [3.8, 4) is 17.2 Å². The van der Waals surface area contributed by atoms with E-state index in [1.807, 2.05) is 31.2 Å².